The molecule has 0 saturated carbocycles. The Kier molecular flexibility index (Phi) is 7.07. The van der Waals surface area contributed by atoms with Crippen LogP contribution in [0.2, 0.25) is 0 Å². The van der Waals surface area contributed by atoms with Gasteiger partial charge in [0.1, 0.15) is 5.82 Å². The highest BCUT2D eigenvalue weighted by Gasteiger charge is 2.08. The molecule has 1 heterocycles. The molecule has 6 nitrogen and oxygen atoms in total. The SMILES string of the molecule is COc1ccccc1OCC(=O)Nc1ccc(NCCC(C)C)cn1. The zero-order valence-electron chi connectivity index (χ0n) is 14.9. The lowest BCUT2D eigenvalue weighted by molar-refractivity contribution is -0.118. The van der Waals surface area contributed by atoms with E-state index < -0.39 is 0 Å². The first kappa shape index (κ1) is 18.6. The molecule has 0 unspecified atom stereocenters. The summed E-state index contributed by atoms with van der Waals surface area (Å²) in [4.78, 5) is 16.2. The van der Waals surface area contributed by atoms with Gasteiger partial charge in [0.2, 0.25) is 0 Å². The minimum atomic E-state index is -0.279. The molecular weight excluding hydrogens is 318 g/mol. The number of hydrogen-bond donors (Lipinski definition) is 2. The maximum atomic E-state index is 12.0. The van der Waals surface area contributed by atoms with Gasteiger partial charge in [0.05, 0.1) is 19.0 Å². The highest BCUT2D eigenvalue weighted by molar-refractivity contribution is 5.91. The average Bonchev–Trinajstić information content (AvgIpc) is 2.61. The van der Waals surface area contributed by atoms with E-state index in [1.165, 1.54) is 0 Å². The van der Waals surface area contributed by atoms with E-state index in [2.05, 4.69) is 29.5 Å². The minimum Gasteiger partial charge on any atom is -0.493 e. The number of amides is 1. The van der Waals surface area contributed by atoms with Crippen LogP contribution in [0, 0.1) is 5.92 Å². The lowest BCUT2D eigenvalue weighted by atomic mass is 10.1. The van der Waals surface area contributed by atoms with Crippen LogP contribution in [0.25, 0.3) is 0 Å². The predicted octanol–water partition coefficient (Wildman–Crippen LogP) is 3.57. The predicted molar refractivity (Wildman–Crippen MR) is 99.3 cm³/mol. The molecule has 6 heteroatoms. The van der Waals surface area contributed by atoms with Crippen LogP contribution in [0.5, 0.6) is 11.5 Å². The molecule has 0 aliphatic carbocycles. The van der Waals surface area contributed by atoms with E-state index in [0.29, 0.717) is 23.2 Å². The van der Waals surface area contributed by atoms with E-state index in [4.69, 9.17) is 9.47 Å². The van der Waals surface area contributed by atoms with Crippen molar-refractivity contribution in [3.8, 4) is 11.5 Å². The second-order valence-electron chi connectivity index (χ2n) is 6.03. The first-order valence-corrected chi connectivity index (χ1v) is 8.34. The van der Waals surface area contributed by atoms with E-state index in [1.54, 1.807) is 31.5 Å². The Morgan fingerprint density at radius 3 is 2.56 bits per heavy atom. The third-order valence-electron chi connectivity index (χ3n) is 3.51. The summed E-state index contributed by atoms with van der Waals surface area (Å²) >= 11 is 0. The quantitative estimate of drug-likeness (QED) is 0.728. The minimum absolute atomic E-state index is 0.115. The van der Waals surface area contributed by atoms with Gasteiger partial charge in [-0.15, -0.1) is 0 Å². The molecule has 0 fully saturated rings. The zero-order valence-corrected chi connectivity index (χ0v) is 14.9. The number of carbonyl (C=O) groups excluding carboxylic acids is 1. The fourth-order valence-corrected chi connectivity index (χ4v) is 2.14. The summed E-state index contributed by atoms with van der Waals surface area (Å²) in [7, 11) is 1.56. The number of pyridine rings is 1. The fraction of sp³-hybridized carbons (Fsp3) is 0.368. The lowest BCUT2D eigenvalue weighted by Crippen LogP contribution is -2.21. The summed E-state index contributed by atoms with van der Waals surface area (Å²) in [5.41, 5.74) is 0.934. The van der Waals surface area contributed by atoms with Crippen molar-refractivity contribution >= 4 is 17.4 Å². The van der Waals surface area contributed by atoms with Crippen molar-refractivity contribution in [2.24, 2.45) is 5.92 Å². The highest BCUT2D eigenvalue weighted by atomic mass is 16.5. The monoisotopic (exact) mass is 343 g/mol. The Labute approximate surface area is 148 Å². The normalized spacial score (nSPS) is 10.4. The Hall–Kier alpha value is -2.76. The van der Waals surface area contributed by atoms with Gasteiger partial charge in [-0.1, -0.05) is 26.0 Å². The molecule has 0 bridgehead atoms. The standard InChI is InChI=1S/C19H25N3O3/c1-14(2)10-11-20-15-8-9-18(21-12-15)22-19(23)13-25-17-7-5-4-6-16(17)24-3/h4-9,12,14,20H,10-11,13H2,1-3H3,(H,21,22,23). The van der Waals surface area contributed by atoms with E-state index in [1.807, 2.05) is 18.2 Å². The van der Waals surface area contributed by atoms with E-state index in [9.17, 15) is 4.79 Å². The van der Waals surface area contributed by atoms with Gasteiger partial charge in [-0.25, -0.2) is 4.98 Å². The molecule has 2 rings (SSSR count). The molecule has 0 saturated heterocycles. The molecule has 1 aromatic carbocycles. The smallest absolute Gasteiger partial charge is 0.263 e. The zero-order chi connectivity index (χ0) is 18.1. The number of nitrogens with zero attached hydrogens (tertiary/aromatic N) is 1. The summed E-state index contributed by atoms with van der Waals surface area (Å²) in [6.07, 6.45) is 2.80. The van der Waals surface area contributed by atoms with Crippen molar-refractivity contribution in [1.29, 1.82) is 0 Å². The maximum Gasteiger partial charge on any atom is 0.263 e. The van der Waals surface area contributed by atoms with E-state index in [-0.39, 0.29) is 12.5 Å². The number of anilines is 2. The van der Waals surface area contributed by atoms with Gasteiger partial charge in [0.15, 0.2) is 18.1 Å². The van der Waals surface area contributed by atoms with E-state index in [0.717, 1.165) is 18.7 Å². The van der Waals surface area contributed by atoms with Crippen molar-refractivity contribution in [3.05, 3.63) is 42.6 Å². The Balaban J connectivity index is 1.80. The first-order valence-electron chi connectivity index (χ1n) is 8.34. The molecule has 0 aliphatic heterocycles. The second kappa shape index (κ2) is 9.52. The average molecular weight is 343 g/mol. The molecule has 1 aromatic heterocycles. The Morgan fingerprint density at radius 2 is 1.92 bits per heavy atom. The number of aromatic nitrogens is 1. The van der Waals surface area contributed by atoms with Crippen LogP contribution in [0.15, 0.2) is 42.6 Å². The summed E-state index contributed by atoms with van der Waals surface area (Å²) in [6.45, 7) is 5.16. The first-order chi connectivity index (χ1) is 12.1. The highest BCUT2D eigenvalue weighted by Crippen LogP contribution is 2.25. The Morgan fingerprint density at radius 1 is 1.16 bits per heavy atom. The van der Waals surface area contributed by atoms with Gasteiger partial charge in [-0.2, -0.15) is 0 Å². The fourth-order valence-electron chi connectivity index (χ4n) is 2.14. The van der Waals surface area contributed by atoms with Gasteiger partial charge in [0, 0.05) is 6.54 Å². The number of ether oxygens (including phenoxy) is 2. The van der Waals surface area contributed by atoms with Crippen LogP contribution < -0.4 is 20.1 Å². The molecular formula is C19H25N3O3. The third kappa shape index (κ3) is 6.33. The number of carbonyl (C=O) groups is 1. The molecule has 1 amide bonds. The van der Waals surface area contributed by atoms with Gasteiger partial charge in [-0.3, -0.25) is 4.79 Å². The number of nitrogens with one attached hydrogen (secondary N) is 2. The molecule has 2 N–H and O–H groups in total. The molecule has 0 aliphatic rings. The van der Waals surface area contributed by atoms with Crippen LogP contribution in [0.1, 0.15) is 20.3 Å². The molecule has 25 heavy (non-hydrogen) atoms. The summed E-state index contributed by atoms with van der Waals surface area (Å²) < 4.78 is 10.7. The second-order valence-corrected chi connectivity index (χ2v) is 6.03. The van der Waals surface area contributed by atoms with Crippen LogP contribution in [0.4, 0.5) is 11.5 Å². The molecule has 0 spiro atoms. The maximum absolute atomic E-state index is 12.0. The van der Waals surface area contributed by atoms with Crippen molar-refractivity contribution in [1.82, 2.24) is 4.98 Å². The summed E-state index contributed by atoms with van der Waals surface area (Å²) in [5.74, 6) is 1.98. The summed E-state index contributed by atoms with van der Waals surface area (Å²) in [5, 5.41) is 6.01. The van der Waals surface area contributed by atoms with Crippen molar-refractivity contribution in [2.45, 2.75) is 20.3 Å². The van der Waals surface area contributed by atoms with Gasteiger partial charge < -0.3 is 20.1 Å². The number of hydrogen-bond acceptors (Lipinski definition) is 5. The third-order valence-corrected chi connectivity index (χ3v) is 3.51. The van der Waals surface area contributed by atoms with Gasteiger partial charge in [0.25, 0.3) is 5.91 Å². The Bertz CT molecular complexity index is 672. The van der Waals surface area contributed by atoms with Crippen molar-refractivity contribution < 1.29 is 14.3 Å². The molecule has 2 aromatic rings. The van der Waals surface area contributed by atoms with Crippen LogP contribution in [-0.2, 0) is 4.79 Å². The van der Waals surface area contributed by atoms with Crippen LogP contribution in [0.3, 0.4) is 0 Å². The van der Waals surface area contributed by atoms with Crippen LogP contribution >= 0.6 is 0 Å². The van der Waals surface area contributed by atoms with E-state index >= 15 is 0 Å². The number of rotatable bonds is 9. The number of methoxy groups -OCH3 is 1. The molecule has 0 radical (unpaired) electrons. The van der Waals surface area contributed by atoms with Crippen molar-refractivity contribution in [3.63, 3.8) is 0 Å². The number of benzene rings is 1. The molecule has 134 valence electrons. The van der Waals surface area contributed by atoms with Crippen LogP contribution in [-0.4, -0.2) is 31.2 Å². The van der Waals surface area contributed by atoms with Crippen molar-refractivity contribution in [2.75, 3.05) is 30.9 Å². The lowest BCUT2D eigenvalue weighted by Gasteiger charge is -2.11. The topological polar surface area (TPSA) is 72.5 Å². The largest absolute Gasteiger partial charge is 0.493 e. The summed E-state index contributed by atoms with van der Waals surface area (Å²) in [6, 6.07) is 10.8. The van der Waals surface area contributed by atoms with Gasteiger partial charge >= 0.3 is 0 Å². The number of para-hydroxylation sites is 2. The van der Waals surface area contributed by atoms with Gasteiger partial charge in [-0.05, 0) is 36.6 Å². The molecule has 0 atom stereocenters.